The van der Waals surface area contributed by atoms with Crippen molar-refractivity contribution in [1.29, 1.82) is 0 Å². The molecule has 0 N–H and O–H groups in total. The van der Waals surface area contributed by atoms with Crippen LogP contribution >= 0.6 is 0 Å². The smallest absolute Gasteiger partial charge is 0.227 e. The number of carbonyl (C=O) groups excluding carboxylic acids is 1. The molecular formula is C20H30N6O. The lowest BCUT2D eigenvalue weighted by Crippen LogP contribution is -2.40. The Labute approximate surface area is 160 Å². The summed E-state index contributed by atoms with van der Waals surface area (Å²) in [5.41, 5.74) is 3.11. The number of hydrogen-bond donors (Lipinski definition) is 0. The van der Waals surface area contributed by atoms with Crippen molar-refractivity contribution in [2.45, 2.75) is 71.3 Å². The fourth-order valence-corrected chi connectivity index (χ4v) is 4.56. The van der Waals surface area contributed by atoms with Gasteiger partial charge in [0.25, 0.3) is 0 Å². The van der Waals surface area contributed by atoms with E-state index >= 15 is 0 Å². The average Bonchev–Trinajstić information content (AvgIpc) is 3.06. The van der Waals surface area contributed by atoms with E-state index in [0.29, 0.717) is 12.3 Å². The number of likely N-dealkylation sites (tertiary alicyclic amines) is 1. The van der Waals surface area contributed by atoms with Gasteiger partial charge in [-0.05, 0) is 39.5 Å². The molecule has 0 aromatic carbocycles. The molecule has 7 heteroatoms. The zero-order chi connectivity index (χ0) is 19.0. The summed E-state index contributed by atoms with van der Waals surface area (Å²) in [6.07, 6.45) is 7.26. The van der Waals surface area contributed by atoms with Crippen molar-refractivity contribution in [2.24, 2.45) is 7.05 Å². The maximum absolute atomic E-state index is 13.0. The number of hydrogen-bond acceptors (Lipinski definition) is 4. The largest absolute Gasteiger partial charge is 0.342 e. The van der Waals surface area contributed by atoms with E-state index in [1.807, 2.05) is 30.5 Å². The second-order valence-electron chi connectivity index (χ2n) is 8.07. The Bertz CT molecular complexity index is 836. The van der Waals surface area contributed by atoms with E-state index < -0.39 is 0 Å². The second-order valence-corrected chi connectivity index (χ2v) is 8.07. The van der Waals surface area contributed by atoms with Crippen LogP contribution in [0.2, 0.25) is 0 Å². The number of aromatic nitrogens is 5. The molecule has 2 aromatic rings. The maximum Gasteiger partial charge on any atom is 0.227 e. The van der Waals surface area contributed by atoms with Crippen molar-refractivity contribution in [1.82, 2.24) is 29.4 Å². The topological polar surface area (TPSA) is 68.8 Å². The van der Waals surface area contributed by atoms with Gasteiger partial charge in [0.05, 0.1) is 12.1 Å². The van der Waals surface area contributed by atoms with Gasteiger partial charge in [0.15, 0.2) is 0 Å². The van der Waals surface area contributed by atoms with Gasteiger partial charge in [-0.25, -0.2) is 0 Å². The maximum atomic E-state index is 13.0. The van der Waals surface area contributed by atoms with Gasteiger partial charge in [0.2, 0.25) is 5.91 Å². The van der Waals surface area contributed by atoms with Gasteiger partial charge in [-0.1, -0.05) is 6.42 Å². The number of amides is 1. The first-order chi connectivity index (χ1) is 13.0. The van der Waals surface area contributed by atoms with E-state index in [1.54, 1.807) is 0 Å². The van der Waals surface area contributed by atoms with Crippen molar-refractivity contribution in [3.63, 3.8) is 0 Å². The zero-order valence-electron chi connectivity index (χ0n) is 16.7. The van der Waals surface area contributed by atoms with Crippen LogP contribution in [0, 0.1) is 13.8 Å². The Morgan fingerprint density at radius 2 is 1.96 bits per heavy atom. The van der Waals surface area contributed by atoms with Gasteiger partial charge in [0, 0.05) is 50.3 Å². The fourth-order valence-electron chi connectivity index (χ4n) is 4.56. The van der Waals surface area contributed by atoms with Gasteiger partial charge in [0.1, 0.15) is 11.6 Å². The molecule has 1 amide bonds. The molecule has 1 fully saturated rings. The first kappa shape index (κ1) is 18.2. The molecule has 2 aliphatic heterocycles. The number of nitrogens with zero attached hydrogens (tertiary/aromatic N) is 6. The first-order valence-corrected chi connectivity index (χ1v) is 10.2. The predicted molar refractivity (Wildman–Crippen MR) is 103 cm³/mol. The monoisotopic (exact) mass is 370 g/mol. The molecule has 4 heterocycles. The van der Waals surface area contributed by atoms with Gasteiger partial charge in [-0.15, -0.1) is 10.2 Å². The third kappa shape index (κ3) is 3.51. The van der Waals surface area contributed by atoms with Crippen molar-refractivity contribution < 1.29 is 4.79 Å². The standard InChI is InChI=1S/C20H30N6O/c1-14-17(15(2)24(3)23-14)12-19(27)25-10-7-8-16(13-25)20-22-21-18-9-5-4-6-11-26(18)20/h16H,4-13H2,1-3H3. The first-order valence-electron chi connectivity index (χ1n) is 10.2. The number of aryl methyl sites for hydroxylation is 3. The van der Waals surface area contributed by atoms with E-state index in [2.05, 4.69) is 19.9 Å². The molecule has 2 aliphatic rings. The van der Waals surface area contributed by atoms with Gasteiger partial charge in [-0.3, -0.25) is 9.48 Å². The Morgan fingerprint density at radius 1 is 1.11 bits per heavy atom. The van der Waals surface area contributed by atoms with E-state index in [1.165, 1.54) is 19.3 Å². The minimum Gasteiger partial charge on any atom is -0.342 e. The van der Waals surface area contributed by atoms with Gasteiger partial charge >= 0.3 is 0 Å². The van der Waals surface area contributed by atoms with E-state index in [0.717, 1.165) is 67.5 Å². The predicted octanol–water partition coefficient (Wildman–Crippen LogP) is 2.30. The molecule has 0 aliphatic carbocycles. The van der Waals surface area contributed by atoms with Crippen LogP contribution in [0.15, 0.2) is 0 Å². The molecule has 1 unspecified atom stereocenters. The van der Waals surface area contributed by atoms with Crippen LogP contribution in [0.4, 0.5) is 0 Å². The Morgan fingerprint density at radius 3 is 2.74 bits per heavy atom. The molecule has 1 saturated heterocycles. The SMILES string of the molecule is Cc1nn(C)c(C)c1CC(=O)N1CCCC(c2nnc3n2CCCCC3)C1. The molecule has 2 aromatic heterocycles. The Kier molecular flexibility index (Phi) is 5.02. The fraction of sp³-hybridized carbons (Fsp3) is 0.700. The Balaban J connectivity index is 1.48. The zero-order valence-corrected chi connectivity index (χ0v) is 16.7. The highest BCUT2D eigenvalue weighted by molar-refractivity contribution is 5.79. The second kappa shape index (κ2) is 7.44. The molecule has 0 radical (unpaired) electrons. The van der Waals surface area contributed by atoms with Crippen molar-refractivity contribution in [3.8, 4) is 0 Å². The molecule has 27 heavy (non-hydrogen) atoms. The van der Waals surface area contributed by atoms with E-state index in [-0.39, 0.29) is 5.91 Å². The highest BCUT2D eigenvalue weighted by Gasteiger charge is 2.30. The lowest BCUT2D eigenvalue weighted by Gasteiger charge is -2.32. The summed E-state index contributed by atoms with van der Waals surface area (Å²) in [5.74, 6) is 2.73. The number of rotatable bonds is 3. The summed E-state index contributed by atoms with van der Waals surface area (Å²) in [4.78, 5) is 15.0. The van der Waals surface area contributed by atoms with Crippen molar-refractivity contribution >= 4 is 5.91 Å². The van der Waals surface area contributed by atoms with Crippen molar-refractivity contribution in [3.05, 3.63) is 28.6 Å². The van der Waals surface area contributed by atoms with E-state index in [9.17, 15) is 4.79 Å². The highest BCUT2D eigenvalue weighted by atomic mass is 16.2. The summed E-state index contributed by atoms with van der Waals surface area (Å²) in [6.45, 7) is 6.65. The molecule has 7 nitrogen and oxygen atoms in total. The summed E-state index contributed by atoms with van der Waals surface area (Å²) < 4.78 is 4.20. The number of piperidine rings is 1. The normalized spacial score (nSPS) is 20.4. The van der Waals surface area contributed by atoms with Crippen LogP contribution in [0.5, 0.6) is 0 Å². The molecule has 4 rings (SSSR count). The molecule has 0 bridgehead atoms. The lowest BCUT2D eigenvalue weighted by atomic mass is 9.96. The summed E-state index contributed by atoms with van der Waals surface area (Å²) >= 11 is 0. The number of carbonyl (C=O) groups is 1. The summed E-state index contributed by atoms with van der Waals surface area (Å²) in [5, 5.41) is 13.4. The summed E-state index contributed by atoms with van der Waals surface area (Å²) in [6, 6.07) is 0. The third-order valence-corrected chi connectivity index (χ3v) is 6.26. The lowest BCUT2D eigenvalue weighted by molar-refractivity contribution is -0.131. The average molecular weight is 371 g/mol. The van der Waals surface area contributed by atoms with Crippen LogP contribution in [-0.4, -0.2) is 48.4 Å². The number of fused-ring (bicyclic) bond motifs is 1. The van der Waals surface area contributed by atoms with Crippen LogP contribution in [-0.2, 0) is 31.2 Å². The van der Waals surface area contributed by atoms with Gasteiger partial charge < -0.3 is 9.47 Å². The molecule has 146 valence electrons. The van der Waals surface area contributed by atoms with E-state index in [4.69, 9.17) is 0 Å². The minimum absolute atomic E-state index is 0.203. The molecular weight excluding hydrogens is 340 g/mol. The molecule has 0 saturated carbocycles. The summed E-state index contributed by atoms with van der Waals surface area (Å²) in [7, 11) is 1.93. The van der Waals surface area contributed by atoms with Crippen molar-refractivity contribution in [2.75, 3.05) is 13.1 Å². The van der Waals surface area contributed by atoms with Gasteiger partial charge in [-0.2, -0.15) is 5.10 Å². The molecule has 1 atom stereocenters. The highest BCUT2D eigenvalue weighted by Crippen LogP contribution is 2.28. The van der Waals surface area contributed by atoms with Crippen LogP contribution < -0.4 is 0 Å². The minimum atomic E-state index is 0.203. The van der Waals surface area contributed by atoms with Crippen LogP contribution in [0.1, 0.15) is 66.6 Å². The Hall–Kier alpha value is -2.18. The quantitative estimate of drug-likeness (QED) is 0.831. The molecule has 0 spiro atoms. The third-order valence-electron chi connectivity index (χ3n) is 6.26. The van der Waals surface area contributed by atoms with Crippen LogP contribution in [0.3, 0.4) is 0 Å². The van der Waals surface area contributed by atoms with Crippen LogP contribution in [0.25, 0.3) is 0 Å².